The van der Waals surface area contributed by atoms with Gasteiger partial charge in [0.1, 0.15) is 0 Å². The van der Waals surface area contributed by atoms with Crippen LogP contribution in [-0.4, -0.2) is 0 Å². The van der Waals surface area contributed by atoms with Crippen molar-refractivity contribution in [2.45, 2.75) is 38.5 Å². The Morgan fingerprint density at radius 1 is 0.842 bits per heavy atom. The van der Waals surface area contributed by atoms with E-state index in [4.69, 9.17) is 0 Å². The van der Waals surface area contributed by atoms with Gasteiger partial charge in [0.2, 0.25) is 0 Å². The van der Waals surface area contributed by atoms with E-state index in [1.54, 1.807) is 9.75 Å². The van der Waals surface area contributed by atoms with E-state index in [9.17, 15) is 0 Å². The molecule has 19 heavy (non-hydrogen) atoms. The number of hydrogen-bond acceptors (Lipinski definition) is 2. The molecule has 0 N–H and O–H groups in total. The third-order valence-corrected chi connectivity index (χ3v) is 6.70. The Bertz CT molecular complexity index is 465. The second kappa shape index (κ2) is 4.75. The van der Waals surface area contributed by atoms with Crippen molar-refractivity contribution >= 4 is 22.7 Å². The molecule has 0 aliphatic heterocycles. The molecule has 2 aromatic heterocycles. The Kier molecular flexibility index (Phi) is 3.04. The van der Waals surface area contributed by atoms with E-state index < -0.39 is 0 Å². The van der Waals surface area contributed by atoms with E-state index >= 15 is 0 Å². The molecule has 2 fully saturated rings. The van der Waals surface area contributed by atoms with Crippen molar-refractivity contribution in [3.8, 4) is 0 Å². The molecule has 0 spiro atoms. The van der Waals surface area contributed by atoms with Gasteiger partial charge >= 0.3 is 0 Å². The van der Waals surface area contributed by atoms with E-state index in [1.165, 1.54) is 38.5 Å². The molecule has 2 heterocycles. The first-order chi connectivity index (χ1) is 9.37. The standard InChI is InChI=1S/C17H20S2/c1-3-15(18-9-1)11-17(13-5-6-13,14-7-8-14)12-16-4-2-10-19-16/h1-4,9-10,13-14H,5-8,11-12H2. The molecule has 0 radical (unpaired) electrons. The Labute approximate surface area is 123 Å². The fourth-order valence-electron chi connectivity index (χ4n) is 3.76. The van der Waals surface area contributed by atoms with Gasteiger partial charge in [0.05, 0.1) is 0 Å². The third kappa shape index (κ3) is 2.41. The Morgan fingerprint density at radius 2 is 1.32 bits per heavy atom. The van der Waals surface area contributed by atoms with Crippen LogP contribution in [0.5, 0.6) is 0 Å². The van der Waals surface area contributed by atoms with Crippen LogP contribution in [0.2, 0.25) is 0 Å². The summed E-state index contributed by atoms with van der Waals surface area (Å²) in [5.74, 6) is 2.01. The SMILES string of the molecule is c1csc(CC(Cc2cccs2)(C2CC2)C2CC2)c1. The summed E-state index contributed by atoms with van der Waals surface area (Å²) in [6.07, 6.45) is 8.58. The zero-order valence-corrected chi connectivity index (χ0v) is 12.8. The van der Waals surface area contributed by atoms with Crippen molar-refractivity contribution in [2.75, 3.05) is 0 Å². The zero-order chi connectivity index (χ0) is 12.7. The molecule has 2 aromatic rings. The minimum atomic E-state index is 0.593. The first-order valence-electron chi connectivity index (χ1n) is 7.41. The lowest BCUT2D eigenvalue weighted by Crippen LogP contribution is -2.31. The summed E-state index contributed by atoms with van der Waals surface area (Å²) >= 11 is 3.91. The molecule has 2 aliphatic carbocycles. The van der Waals surface area contributed by atoms with Gasteiger partial charge in [-0.2, -0.15) is 0 Å². The second-order valence-electron chi connectivity index (χ2n) is 6.29. The Morgan fingerprint density at radius 3 is 1.63 bits per heavy atom. The summed E-state index contributed by atoms with van der Waals surface area (Å²) in [6.45, 7) is 0. The summed E-state index contributed by atoms with van der Waals surface area (Å²) in [5.41, 5.74) is 0.593. The summed E-state index contributed by atoms with van der Waals surface area (Å²) in [4.78, 5) is 3.21. The first-order valence-corrected chi connectivity index (χ1v) is 9.17. The van der Waals surface area contributed by atoms with E-state index in [0.29, 0.717) is 5.41 Å². The van der Waals surface area contributed by atoms with Crippen LogP contribution in [0.15, 0.2) is 35.0 Å². The molecule has 2 heteroatoms. The predicted octanol–water partition coefficient (Wildman–Crippen LogP) is 5.40. The van der Waals surface area contributed by atoms with E-state index in [2.05, 4.69) is 35.0 Å². The summed E-state index contributed by atoms with van der Waals surface area (Å²) in [5, 5.41) is 4.48. The van der Waals surface area contributed by atoms with Gasteiger partial charge in [-0.25, -0.2) is 0 Å². The Balaban J connectivity index is 1.65. The molecule has 0 unspecified atom stereocenters. The lowest BCUT2D eigenvalue weighted by molar-refractivity contribution is 0.193. The maximum absolute atomic E-state index is 2.35. The molecule has 4 rings (SSSR count). The van der Waals surface area contributed by atoms with Gasteiger partial charge in [0, 0.05) is 9.75 Å². The lowest BCUT2D eigenvalue weighted by atomic mass is 9.71. The van der Waals surface area contributed by atoms with Crippen molar-refractivity contribution < 1.29 is 0 Å². The van der Waals surface area contributed by atoms with Crippen molar-refractivity contribution in [1.29, 1.82) is 0 Å². The quantitative estimate of drug-likeness (QED) is 0.667. The largest absolute Gasteiger partial charge is 0.149 e. The molecule has 0 atom stereocenters. The van der Waals surface area contributed by atoms with Gasteiger partial charge < -0.3 is 0 Å². The van der Waals surface area contributed by atoms with Crippen molar-refractivity contribution in [2.24, 2.45) is 17.3 Å². The monoisotopic (exact) mass is 288 g/mol. The predicted molar refractivity (Wildman–Crippen MR) is 83.9 cm³/mol. The zero-order valence-electron chi connectivity index (χ0n) is 11.2. The summed E-state index contributed by atoms with van der Waals surface area (Å²) < 4.78 is 0. The topological polar surface area (TPSA) is 0 Å². The first kappa shape index (κ1) is 12.2. The van der Waals surface area contributed by atoms with E-state index in [-0.39, 0.29) is 0 Å². The van der Waals surface area contributed by atoms with Crippen molar-refractivity contribution in [3.63, 3.8) is 0 Å². The van der Waals surface area contributed by atoms with Gasteiger partial charge in [-0.05, 0) is 78.7 Å². The maximum Gasteiger partial charge on any atom is 0.00510 e. The number of rotatable bonds is 6. The van der Waals surface area contributed by atoms with Gasteiger partial charge in [0.25, 0.3) is 0 Å². The average Bonchev–Trinajstić information content (AvgIpc) is 3.35. The third-order valence-electron chi connectivity index (χ3n) is 4.95. The molecule has 100 valence electrons. The van der Waals surface area contributed by atoms with Crippen LogP contribution < -0.4 is 0 Å². The van der Waals surface area contributed by atoms with Crippen LogP contribution >= 0.6 is 22.7 Å². The summed E-state index contributed by atoms with van der Waals surface area (Å²) in [6, 6.07) is 9.13. The molecule has 0 bridgehead atoms. The van der Waals surface area contributed by atoms with Gasteiger partial charge in [-0.3, -0.25) is 0 Å². The molecule has 0 aromatic carbocycles. The highest BCUT2D eigenvalue weighted by molar-refractivity contribution is 7.10. The fourth-order valence-corrected chi connectivity index (χ4v) is 5.45. The molecule has 2 aliphatic rings. The van der Waals surface area contributed by atoms with Crippen LogP contribution in [0, 0.1) is 17.3 Å². The fraction of sp³-hybridized carbons (Fsp3) is 0.529. The van der Waals surface area contributed by atoms with Crippen LogP contribution in [0.25, 0.3) is 0 Å². The van der Waals surface area contributed by atoms with Gasteiger partial charge in [-0.15, -0.1) is 22.7 Å². The van der Waals surface area contributed by atoms with Crippen LogP contribution in [0.4, 0.5) is 0 Å². The normalized spacial score (nSPS) is 19.8. The Hall–Kier alpha value is -0.600. The molecule has 0 saturated heterocycles. The van der Waals surface area contributed by atoms with Gasteiger partial charge in [-0.1, -0.05) is 12.1 Å². The minimum Gasteiger partial charge on any atom is -0.149 e. The van der Waals surface area contributed by atoms with Crippen molar-refractivity contribution in [1.82, 2.24) is 0 Å². The summed E-state index contributed by atoms with van der Waals surface area (Å²) in [7, 11) is 0. The van der Waals surface area contributed by atoms with Crippen LogP contribution in [0.3, 0.4) is 0 Å². The molecule has 2 saturated carbocycles. The molecule has 0 amide bonds. The van der Waals surface area contributed by atoms with Crippen LogP contribution in [-0.2, 0) is 12.8 Å². The molecular formula is C17H20S2. The highest BCUT2D eigenvalue weighted by Gasteiger charge is 2.53. The smallest absolute Gasteiger partial charge is 0.00510 e. The van der Waals surface area contributed by atoms with Crippen LogP contribution in [0.1, 0.15) is 35.4 Å². The maximum atomic E-state index is 2.35. The average molecular weight is 288 g/mol. The molecule has 0 nitrogen and oxygen atoms in total. The van der Waals surface area contributed by atoms with Gasteiger partial charge in [0.15, 0.2) is 0 Å². The van der Waals surface area contributed by atoms with E-state index in [1.807, 2.05) is 22.7 Å². The lowest BCUT2D eigenvalue weighted by Gasteiger charge is -2.34. The van der Waals surface area contributed by atoms with Crippen molar-refractivity contribution in [3.05, 3.63) is 44.8 Å². The highest BCUT2D eigenvalue weighted by Crippen LogP contribution is 2.61. The number of hydrogen-bond donors (Lipinski definition) is 0. The molecular weight excluding hydrogens is 268 g/mol. The van der Waals surface area contributed by atoms with E-state index in [0.717, 1.165) is 11.8 Å². The minimum absolute atomic E-state index is 0.593. The highest BCUT2D eigenvalue weighted by atomic mass is 32.1. The number of thiophene rings is 2. The second-order valence-corrected chi connectivity index (χ2v) is 8.36.